The van der Waals surface area contributed by atoms with Crippen LogP contribution in [0.2, 0.25) is 0 Å². The molecule has 1 heterocycles. The van der Waals surface area contributed by atoms with E-state index in [-0.39, 0.29) is 5.41 Å². The van der Waals surface area contributed by atoms with Crippen molar-refractivity contribution in [3.63, 3.8) is 0 Å². The third-order valence-electron chi connectivity index (χ3n) is 2.81. The van der Waals surface area contributed by atoms with Crippen LogP contribution in [0.1, 0.15) is 25.8 Å². The zero-order valence-corrected chi connectivity index (χ0v) is 9.05. The highest BCUT2D eigenvalue weighted by Gasteiger charge is 2.18. The first-order valence-corrected chi connectivity index (χ1v) is 5.12. The van der Waals surface area contributed by atoms with Crippen molar-refractivity contribution in [1.29, 1.82) is 0 Å². The summed E-state index contributed by atoms with van der Waals surface area (Å²) >= 11 is 0. The van der Waals surface area contributed by atoms with Crippen molar-refractivity contribution < 1.29 is 4.42 Å². The van der Waals surface area contributed by atoms with Crippen LogP contribution < -0.4 is 11.1 Å². The van der Waals surface area contributed by atoms with E-state index >= 15 is 0 Å². The van der Waals surface area contributed by atoms with Crippen LogP contribution in [0.5, 0.6) is 0 Å². The minimum absolute atomic E-state index is 0.212. The van der Waals surface area contributed by atoms with Crippen molar-refractivity contribution in [1.82, 2.24) is 5.32 Å². The Morgan fingerprint density at radius 3 is 2.86 bits per heavy atom. The average Bonchev–Trinajstić information content (AvgIpc) is 2.70. The molecule has 1 rings (SSSR count). The van der Waals surface area contributed by atoms with Crippen LogP contribution in [-0.4, -0.2) is 13.1 Å². The van der Waals surface area contributed by atoms with Gasteiger partial charge in [-0.2, -0.15) is 0 Å². The van der Waals surface area contributed by atoms with Gasteiger partial charge in [0.2, 0.25) is 0 Å². The van der Waals surface area contributed by atoms with Crippen molar-refractivity contribution in [2.24, 2.45) is 11.1 Å². The lowest BCUT2D eigenvalue weighted by atomic mass is 9.88. The van der Waals surface area contributed by atoms with Crippen LogP contribution in [0.4, 0.5) is 0 Å². The van der Waals surface area contributed by atoms with Crippen LogP contribution in [0, 0.1) is 5.41 Å². The van der Waals surface area contributed by atoms with Gasteiger partial charge in [-0.15, -0.1) is 0 Å². The molecule has 0 saturated heterocycles. The van der Waals surface area contributed by atoms with Crippen LogP contribution in [-0.2, 0) is 6.54 Å². The number of nitrogens with two attached hydrogens (primary N) is 1. The fourth-order valence-electron chi connectivity index (χ4n) is 1.24. The standard InChI is InChI=1S/C11H20N2O/c1-3-11(2,8-12)9-13-6-10-4-5-14-7-10/h4-5,7,13H,3,6,8-9,12H2,1-2H3. The van der Waals surface area contributed by atoms with Crippen LogP contribution in [0.3, 0.4) is 0 Å². The van der Waals surface area contributed by atoms with Crippen LogP contribution in [0.15, 0.2) is 23.0 Å². The zero-order chi connectivity index (χ0) is 10.4. The van der Waals surface area contributed by atoms with Gasteiger partial charge in [0.15, 0.2) is 0 Å². The van der Waals surface area contributed by atoms with Crippen LogP contribution >= 0.6 is 0 Å². The fourth-order valence-corrected chi connectivity index (χ4v) is 1.24. The lowest BCUT2D eigenvalue weighted by Crippen LogP contribution is -2.37. The molecule has 14 heavy (non-hydrogen) atoms. The van der Waals surface area contributed by atoms with Gasteiger partial charge in [-0.1, -0.05) is 13.8 Å². The fraction of sp³-hybridized carbons (Fsp3) is 0.636. The third-order valence-corrected chi connectivity index (χ3v) is 2.81. The molecule has 0 radical (unpaired) electrons. The number of hydrogen-bond acceptors (Lipinski definition) is 3. The Morgan fingerprint density at radius 1 is 1.57 bits per heavy atom. The molecule has 0 fully saturated rings. The van der Waals surface area contributed by atoms with Crippen molar-refractivity contribution in [2.75, 3.05) is 13.1 Å². The maximum atomic E-state index is 5.72. The van der Waals surface area contributed by atoms with Gasteiger partial charge in [-0.3, -0.25) is 0 Å². The molecule has 0 bridgehead atoms. The predicted octanol–water partition coefficient (Wildman–Crippen LogP) is 1.74. The molecule has 3 heteroatoms. The quantitative estimate of drug-likeness (QED) is 0.728. The minimum atomic E-state index is 0.212. The number of hydrogen-bond donors (Lipinski definition) is 2. The summed E-state index contributed by atoms with van der Waals surface area (Å²) in [6.07, 6.45) is 4.56. The number of furan rings is 1. The molecule has 1 aromatic rings. The van der Waals surface area contributed by atoms with E-state index in [2.05, 4.69) is 19.2 Å². The van der Waals surface area contributed by atoms with E-state index < -0.39 is 0 Å². The highest BCUT2D eigenvalue weighted by Crippen LogP contribution is 2.17. The van der Waals surface area contributed by atoms with Gasteiger partial charge in [-0.25, -0.2) is 0 Å². The van der Waals surface area contributed by atoms with E-state index in [1.807, 2.05) is 6.07 Å². The second-order valence-corrected chi connectivity index (χ2v) is 4.10. The lowest BCUT2D eigenvalue weighted by molar-refractivity contribution is 0.303. The molecule has 0 aliphatic heterocycles. The normalized spacial score (nSPS) is 15.4. The van der Waals surface area contributed by atoms with Gasteiger partial charge in [0.05, 0.1) is 12.5 Å². The molecule has 0 aliphatic carbocycles. The van der Waals surface area contributed by atoms with Crippen molar-refractivity contribution in [2.45, 2.75) is 26.8 Å². The summed E-state index contributed by atoms with van der Waals surface area (Å²) in [6.45, 7) is 6.90. The Kier molecular flexibility index (Phi) is 4.17. The van der Waals surface area contributed by atoms with E-state index in [1.165, 1.54) is 5.56 Å². The largest absolute Gasteiger partial charge is 0.472 e. The molecule has 80 valence electrons. The molecule has 0 saturated carbocycles. The topological polar surface area (TPSA) is 51.2 Å². The Morgan fingerprint density at radius 2 is 2.36 bits per heavy atom. The molecule has 1 atom stereocenters. The number of rotatable bonds is 6. The molecule has 0 amide bonds. The first kappa shape index (κ1) is 11.3. The maximum absolute atomic E-state index is 5.72. The van der Waals surface area contributed by atoms with E-state index in [1.54, 1.807) is 12.5 Å². The summed E-state index contributed by atoms with van der Waals surface area (Å²) in [4.78, 5) is 0. The highest BCUT2D eigenvalue weighted by atomic mass is 16.3. The molecular weight excluding hydrogens is 176 g/mol. The first-order chi connectivity index (χ1) is 6.70. The van der Waals surface area contributed by atoms with E-state index in [0.29, 0.717) is 0 Å². The monoisotopic (exact) mass is 196 g/mol. The summed E-state index contributed by atoms with van der Waals surface area (Å²) in [5.41, 5.74) is 7.11. The molecule has 1 aromatic heterocycles. The van der Waals surface area contributed by atoms with Crippen molar-refractivity contribution in [3.8, 4) is 0 Å². The summed E-state index contributed by atoms with van der Waals surface area (Å²) in [5, 5.41) is 3.39. The first-order valence-electron chi connectivity index (χ1n) is 5.12. The highest BCUT2D eigenvalue weighted by molar-refractivity contribution is 5.04. The Balaban J connectivity index is 2.27. The molecule has 0 aliphatic rings. The third kappa shape index (κ3) is 3.16. The smallest absolute Gasteiger partial charge is 0.0947 e. The van der Waals surface area contributed by atoms with Crippen molar-refractivity contribution >= 4 is 0 Å². The van der Waals surface area contributed by atoms with Crippen LogP contribution in [0.25, 0.3) is 0 Å². The number of nitrogens with one attached hydrogen (secondary N) is 1. The summed E-state index contributed by atoms with van der Waals surface area (Å²) in [6, 6.07) is 1.97. The molecule has 1 unspecified atom stereocenters. The van der Waals surface area contributed by atoms with E-state index in [9.17, 15) is 0 Å². The molecule has 0 spiro atoms. The van der Waals surface area contributed by atoms with Gasteiger partial charge in [0, 0.05) is 18.7 Å². The Bertz CT molecular complexity index is 240. The minimum Gasteiger partial charge on any atom is -0.472 e. The molecule has 0 aromatic carbocycles. The SMILES string of the molecule is CCC(C)(CN)CNCc1ccoc1. The predicted molar refractivity (Wildman–Crippen MR) is 57.9 cm³/mol. The molecule has 3 N–H and O–H groups in total. The molecular formula is C11H20N2O. The Hall–Kier alpha value is -0.800. The van der Waals surface area contributed by atoms with Gasteiger partial charge >= 0.3 is 0 Å². The average molecular weight is 196 g/mol. The summed E-state index contributed by atoms with van der Waals surface area (Å²) in [7, 11) is 0. The lowest BCUT2D eigenvalue weighted by Gasteiger charge is -2.26. The van der Waals surface area contributed by atoms with Gasteiger partial charge in [0.1, 0.15) is 0 Å². The van der Waals surface area contributed by atoms with Gasteiger partial charge in [-0.05, 0) is 24.4 Å². The van der Waals surface area contributed by atoms with E-state index in [0.717, 1.165) is 26.1 Å². The molecule has 3 nitrogen and oxygen atoms in total. The van der Waals surface area contributed by atoms with Crippen molar-refractivity contribution in [3.05, 3.63) is 24.2 Å². The second kappa shape index (κ2) is 5.17. The maximum Gasteiger partial charge on any atom is 0.0947 e. The van der Waals surface area contributed by atoms with Gasteiger partial charge in [0.25, 0.3) is 0 Å². The summed E-state index contributed by atoms with van der Waals surface area (Å²) in [5.74, 6) is 0. The van der Waals surface area contributed by atoms with Gasteiger partial charge < -0.3 is 15.5 Å². The zero-order valence-electron chi connectivity index (χ0n) is 9.05. The van der Waals surface area contributed by atoms with E-state index in [4.69, 9.17) is 10.2 Å². The second-order valence-electron chi connectivity index (χ2n) is 4.10. The Labute approximate surface area is 85.7 Å². The summed E-state index contributed by atoms with van der Waals surface area (Å²) < 4.78 is 4.99.